The summed E-state index contributed by atoms with van der Waals surface area (Å²) in [6, 6.07) is 5.56. The maximum Gasteiger partial charge on any atom is 0.328 e. The van der Waals surface area contributed by atoms with Crippen molar-refractivity contribution in [2.75, 3.05) is 50.0 Å². The Bertz CT molecular complexity index is 1130. The highest BCUT2D eigenvalue weighted by atomic mass is 16.5. The van der Waals surface area contributed by atoms with Crippen molar-refractivity contribution in [1.82, 2.24) is 20.3 Å². The van der Waals surface area contributed by atoms with Gasteiger partial charge in [-0.05, 0) is 12.1 Å². The summed E-state index contributed by atoms with van der Waals surface area (Å²) < 4.78 is 16.9. The van der Waals surface area contributed by atoms with Crippen LogP contribution in [0, 0.1) is 0 Å². The van der Waals surface area contributed by atoms with Crippen molar-refractivity contribution in [2.45, 2.75) is 0 Å². The van der Waals surface area contributed by atoms with Crippen LogP contribution < -0.4 is 25.4 Å². The monoisotopic (exact) mass is 472 g/mol. The standard InChI is InChI=1S/C17H20N6O3.C4H4O4/c18-17-22-14-12(2-1-3-13(14)26-17)24-10-11-25-16-15(20-4-5-21-16)23-8-6-19-7-9-23;5-3(6)1-2-4(7)8/h1-5,19H,6-11H2,(H2,18,22);1-2H,(H,5,6)(H,7,8)/b;2-1+. The van der Waals surface area contributed by atoms with Crippen LogP contribution in [0.25, 0.3) is 11.1 Å². The van der Waals surface area contributed by atoms with E-state index in [1.165, 1.54) is 0 Å². The van der Waals surface area contributed by atoms with Gasteiger partial charge in [0.05, 0.1) is 0 Å². The number of hydrogen-bond donors (Lipinski definition) is 4. The molecule has 0 radical (unpaired) electrons. The molecular formula is C21H24N6O7. The van der Waals surface area contributed by atoms with Crippen LogP contribution in [0.3, 0.4) is 0 Å². The number of carboxylic acids is 2. The fraction of sp³-hybridized carbons (Fsp3) is 0.286. The lowest BCUT2D eigenvalue weighted by molar-refractivity contribution is -0.134. The molecule has 3 heterocycles. The van der Waals surface area contributed by atoms with Gasteiger partial charge in [0.1, 0.15) is 19.0 Å². The van der Waals surface area contributed by atoms with Gasteiger partial charge in [0.15, 0.2) is 16.9 Å². The number of carboxylic acid groups (broad SMARTS) is 2. The van der Waals surface area contributed by atoms with Crippen molar-refractivity contribution < 1.29 is 33.7 Å². The number of anilines is 2. The zero-order valence-corrected chi connectivity index (χ0v) is 18.1. The van der Waals surface area contributed by atoms with Crippen molar-refractivity contribution in [1.29, 1.82) is 0 Å². The van der Waals surface area contributed by atoms with Gasteiger partial charge in [-0.1, -0.05) is 6.07 Å². The second kappa shape index (κ2) is 12.0. The van der Waals surface area contributed by atoms with Crippen LogP contribution >= 0.6 is 0 Å². The Balaban J connectivity index is 0.000000350. The number of carbonyl (C=O) groups is 2. The van der Waals surface area contributed by atoms with E-state index in [-0.39, 0.29) is 6.01 Å². The topological polar surface area (TPSA) is 186 Å². The molecule has 2 aromatic heterocycles. The minimum Gasteiger partial charge on any atom is -0.488 e. The lowest BCUT2D eigenvalue weighted by atomic mass is 10.3. The highest BCUT2D eigenvalue weighted by Crippen LogP contribution is 2.27. The molecule has 4 rings (SSSR count). The molecule has 34 heavy (non-hydrogen) atoms. The first kappa shape index (κ1) is 24.3. The van der Waals surface area contributed by atoms with Gasteiger partial charge in [0.2, 0.25) is 0 Å². The maximum absolute atomic E-state index is 9.55. The number of benzene rings is 1. The third kappa shape index (κ3) is 7.06. The molecule has 0 atom stereocenters. The number of rotatable bonds is 8. The van der Waals surface area contributed by atoms with Crippen LogP contribution in [0.1, 0.15) is 0 Å². The van der Waals surface area contributed by atoms with Crippen LogP contribution in [0.5, 0.6) is 11.6 Å². The number of para-hydroxylation sites is 1. The largest absolute Gasteiger partial charge is 0.488 e. The first-order valence-electron chi connectivity index (χ1n) is 10.3. The summed E-state index contributed by atoms with van der Waals surface area (Å²) in [7, 11) is 0. The predicted octanol–water partition coefficient (Wildman–Crippen LogP) is 0.779. The van der Waals surface area contributed by atoms with E-state index in [0.29, 0.717) is 48.1 Å². The number of nitrogens with two attached hydrogens (primary N) is 1. The molecule has 0 aliphatic carbocycles. The highest BCUT2D eigenvalue weighted by Gasteiger charge is 2.17. The molecule has 1 aliphatic rings. The normalized spacial score (nSPS) is 13.4. The predicted molar refractivity (Wildman–Crippen MR) is 121 cm³/mol. The number of oxazole rings is 1. The summed E-state index contributed by atoms with van der Waals surface area (Å²) in [5.74, 6) is -0.630. The van der Waals surface area contributed by atoms with E-state index in [1.807, 2.05) is 12.1 Å². The van der Waals surface area contributed by atoms with Crippen molar-refractivity contribution in [3.05, 3.63) is 42.7 Å². The molecule has 0 spiro atoms. The Morgan fingerprint density at radius 2 is 1.76 bits per heavy atom. The number of nitrogen functional groups attached to an aromatic ring is 1. The molecule has 1 aliphatic heterocycles. The molecule has 0 saturated carbocycles. The second-order valence-corrected chi connectivity index (χ2v) is 6.78. The number of hydrogen-bond acceptors (Lipinski definition) is 11. The Morgan fingerprint density at radius 3 is 2.47 bits per heavy atom. The number of nitrogens with zero attached hydrogens (tertiary/aromatic N) is 4. The zero-order valence-electron chi connectivity index (χ0n) is 18.1. The van der Waals surface area contributed by atoms with Crippen molar-refractivity contribution in [2.24, 2.45) is 0 Å². The summed E-state index contributed by atoms with van der Waals surface area (Å²) >= 11 is 0. The molecule has 5 N–H and O–H groups in total. The first-order valence-corrected chi connectivity index (χ1v) is 10.3. The number of ether oxygens (including phenoxy) is 2. The smallest absolute Gasteiger partial charge is 0.328 e. The quantitative estimate of drug-likeness (QED) is 0.266. The molecule has 1 aromatic carbocycles. The van der Waals surface area contributed by atoms with Crippen LogP contribution in [0.4, 0.5) is 11.8 Å². The van der Waals surface area contributed by atoms with E-state index in [4.69, 9.17) is 29.8 Å². The minimum atomic E-state index is -1.26. The third-order valence-corrected chi connectivity index (χ3v) is 4.41. The van der Waals surface area contributed by atoms with E-state index < -0.39 is 11.9 Å². The first-order chi connectivity index (χ1) is 16.4. The number of fused-ring (bicyclic) bond motifs is 1. The minimum absolute atomic E-state index is 0.118. The van der Waals surface area contributed by atoms with Gasteiger partial charge in [0.25, 0.3) is 11.9 Å². The fourth-order valence-corrected chi connectivity index (χ4v) is 3.00. The fourth-order valence-electron chi connectivity index (χ4n) is 3.00. The number of aromatic nitrogens is 3. The zero-order chi connectivity index (χ0) is 24.3. The molecule has 180 valence electrons. The average Bonchev–Trinajstić information content (AvgIpc) is 3.23. The molecule has 0 bridgehead atoms. The molecular weight excluding hydrogens is 448 g/mol. The van der Waals surface area contributed by atoms with Crippen LogP contribution in [-0.2, 0) is 9.59 Å². The summed E-state index contributed by atoms with van der Waals surface area (Å²) in [4.78, 5) is 34.1. The van der Waals surface area contributed by atoms with Gasteiger partial charge in [-0.25, -0.2) is 19.6 Å². The number of nitrogens with one attached hydrogen (secondary N) is 1. The van der Waals surface area contributed by atoms with E-state index in [1.54, 1.807) is 18.5 Å². The van der Waals surface area contributed by atoms with Crippen molar-refractivity contribution >= 4 is 34.9 Å². The van der Waals surface area contributed by atoms with Gasteiger partial charge in [-0.2, -0.15) is 4.98 Å². The Morgan fingerprint density at radius 1 is 1.09 bits per heavy atom. The molecule has 0 amide bonds. The van der Waals surface area contributed by atoms with Gasteiger partial charge in [-0.3, -0.25) is 0 Å². The molecule has 1 fully saturated rings. The lowest BCUT2D eigenvalue weighted by Crippen LogP contribution is -2.44. The van der Waals surface area contributed by atoms with Crippen LogP contribution in [-0.4, -0.2) is 76.5 Å². The molecule has 13 nitrogen and oxygen atoms in total. The van der Waals surface area contributed by atoms with Gasteiger partial charge in [0, 0.05) is 50.7 Å². The molecule has 1 saturated heterocycles. The van der Waals surface area contributed by atoms with Crippen LogP contribution in [0.2, 0.25) is 0 Å². The molecule has 13 heteroatoms. The number of piperazine rings is 1. The van der Waals surface area contributed by atoms with Crippen molar-refractivity contribution in [3.8, 4) is 11.6 Å². The number of aliphatic carboxylic acids is 2. The lowest BCUT2D eigenvalue weighted by Gasteiger charge is -2.28. The Kier molecular flexibility index (Phi) is 8.57. The highest BCUT2D eigenvalue weighted by molar-refractivity contribution is 5.89. The van der Waals surface area contributed by atoms with E-state index >= 15 is 0 Å². The maximum atomic E-state index is 9.55. The molecule has 3 aromatic rings. The summed E-state index contributed by atoms with van der Waals surface area (Å²) in [6.45, 7) is 4.27. The van der Waals surface area contributed by atoms with E-state index in [2.05, 4.69) is 25.2 Å². The SMILES string of the molecule is Nc1nc2c(OCCOc3nccnc3N3CCNCC3)cccc2o1.O=C(O)/C=C/C(=O)O. The van der Waals surface area contributed by atoms with Crippen molar-refractivity contribution in [3.63, 3.8) is 0 Å². The third-order valence-electron chi connectivity index (χ3n) is 4.41. The Hall–Kier alpha value is -4.39. The summed E-state index contributed by atoms with van der Waals surface area (Å²) in [6.07, 6.45) is 4.42. The van der Waals surface area contributed by atoms with Gasteiger partial charge >= 0.3 is 11.9 Å². The van der Waals surface area contributed by atoms with E-state index in [0.717, 1.165) is 32.0 Å². The Labute approximate surface area is 193 Å². The van der Waals surface area contributed by atoms with Gasteiger partial charge in [-0.15, -0.1) is 0 Å². The second-order valence-electron chi connectivity index (χ2n) is 6.78. The average molecular weight is 472 g/mol. The van der Waals surface area contributed by atoms with Crippen LogP contribution in [0.15, 0.2) is 47.2 Å². The van der Waals surface area contributed by atoms with Gasteiger partial charge < -0.3 is 40.1 Å². The van der Waals surface area contributed by atoms with E-state index in [9.17, 15) is 9.59 Å². The summed E-state index contributed by atoms with van der Waals surface area (Å²) in [5, 5.41) is 18.9. The summed E-state index contributed by atoms with van der Waals surface area (Å²) in [5.41, 5.74) is 6.79. The molecule has 0 unspecified atom stereocenters.